The molecule has 2 fully saturated rings. The summed E-state index contributed by atoms with van der Waals surface area (Å²) in [5.41, 5.74) is 0.0986. The van der Waals surface area contributed by atoms with E-state index in [0.717, 1.165) is 36.3 Å². The summed E-state index contributed by atoms with van der Waals surface area (Å²) in [7, 11) is 0. The number of carbonyl (C=O) groups excluding carboxylic acids is 2. The number of hydrogen-bond acceptors (Lipinski definition) is 5. The van der Waals surface area contributed by atoms with E-state index in [1.165, 1.54) is 48.1 Å². The number of halogens is 3. The number of carbonyl (C=O) groups is 2. The fourth-order valence-corrected chi connectivity index (χ4v) is 5.57. The molecule has 1 aliphatic carbocycles. The zero-order valence-corrected chi connectivity index (χ0v) is 21.7. The van der Waals surface area contributed by atoms with Crippen LogP contribution in [0.5, 0.6) is 5.75 Å². The molecule has 2 aromatic carbocycles. The zero-order chi connectivity index (χ0) is 26.4. The minimum absolute atomic E-state index is 0.0365. The first-order valence-electron chi connectivity index (χ1n) is 12.2. The number of amides is 2. The summed E-state index contributed by atoms with van der Waals surface area (Å²) in [5, 5.41) is 2.47. The van der Waals surface area contributed by atoms with Crippen LogP contribution < -0.4 is 10.1 Å². The van der Waals surface area contributed by atoms with Crippen LogP contribution in [0, 0.1) is 0 Å². The Hall–Kier alpha value is -2.85. The molecule has 1 saturated heterocycles. The fourth-order valence-electron chi connectivity index (χ4n) is 4.26. The van der Waals surface area contributed by atoms with Crippen molar-refractivity contribution in [3.8, 4) is 5.75 Å². The maximum absolute atomic E-state index is 12.9. The molecule has 0 unspecified atom stereocenters. The van der Waals surface area contributed by atoms with Crippen LogP contribution in [0.3, 0.4) is 0 Å². The van der Waals surface area contributed by atoms with Gasteiger partial charge in [-0.25, -0.2) is 0 Å². The standard InChI is InChI=1S/C27H27F3N2O3S2/c28-27(29,30)19-6-4-7-20(17-19)31-24(33)10-5-15-32-25(34)23(37-26(32)36)16-18-11-13-22(14-12-18)35-21-8-2-1-3-9-21/h4,6-7,11-14,16-17,21H,1-3,5,8-10,15H2,(H,31,33)/b23-16-. The van der Waals surface area contributed by atoms with Crippen LogP contribution in [0.2, 0.25) is 0 Å². The minimum atomic E-state index is -4.49. The number of rotatable bonds is 8. The molecule has 0 atom stereocenters. The van der Waals surface area contributed by atoms with Crippen LogP contribution in [-0.2, 0) is 15.8 Å². The third-order valence-electron chi connectivity index (χ3n) is 6.17. The van der Waals surface area contributed by atoms with Crippen LogP contribution in [0.4, 0.5) is 18.9 Å². The van der Waals surface area contributed by atoms with E-state index in [-0.39, 0.29) is 30.7 Å². The normalized spacial score (nSPS) is 17.9. The number of thiocarbonyl (C=S) groups is 1. The van der Waals surface area contributed by atoms with E-state index < -0.39 is 17.6 Å². The molecule has 4 rings (SSSR count). The second-order valence-corrected chi connectivity index (χ2v) is 10.7. The van der Waals surface area contributed by atoms with Gasteiger partial charge in [-0.1, -0.05) is 48.6 Å². The number of alkyl halides is 3. The smallest absolute Gasteiger partial charge is 0.416 e. The monoisotopic (exact) mass is 548 g/mol. The highest BCUT2D eigenvalue weighted by Crippen LogP contribution is 2.33. The van der Waals surface area contributed by atoms with E-state index in [0.29, 0.717) is 15.6 Å². The van der Waals surface area contributed by atoms with Gasteiger partial charge < -0.3 is 10.1 Å². The third kappa shape index (κ3) is 7.58. The first-order chi connectivity index (χ1) is 17.7. The molecule has 10 heteroatoms. The molecule has 1 heterocycles. The molecule has 37 heavy (non-hydrogen) atoms. The lowest BCUT2D eigenvalue weighted by atomic mass is 9.98. The molecule has 2 aliphatic rings. The summed E-state index contributed by atoms with van der Waals surface area (Å²) in [4.78, 5) is 27.0. The average Bonchev–Trinajstić information content (AvgIpc) is 3.13. The van der Waals surface area contributed by atoms with Gasteiger partial charge in [0.05, 0.1) is 16.6 Å². The summed E-state index contributed by atoms with van der Waals surface area (Å²) in [6.07, 6.45) is 3.74. The number of ether oxygens (including phenoxy) is 1. The Morgan fingerprint density at radius 3 is 2.57 bits per heavy atom. The lowest BCUT2D eigenvalue weighted by Gasteiger charge is -2.22. The number of anilines is 1. The van der Waals surface area contributed by atoms with E-state index in [4.69, 9.17) is 17.0 Å². The molecule has 2 aromatic rings. The average molecular weight is 549 g/mol. The van der Waals surface area contributed by atoms with Crippen molar-refractivity contribution in [1.29, 1.82) is 0 Å². The van der Waals surface area contributed by atoms with Crippen molar-refractivity contribution in [2.75, 3.05) is 11.9 Å². The predicted octanol–water partition coefficient (Wildman–Crippen LogP) is 7.04. The molecule has 1 aliphatic heterocycles. The summed E-state index contributed by atoms with van der Waals surface area (Å²) < 4.78 is 45.0. The summed E-state index contributed by atoms with van der Waals surface area (Å²) in [5.74, 6) is 0.159. The Labute approximate surface area is 223 Å². The van der Waals surface area contributed by atoms with Gasteiger partial charge in [0.1, 0.15) is 10.1 Å². The Morgan fingerprint density at radius 1 is 1.14 bits per heavy atom. The van der Waals surface area contributed by atoms with Gasteiger partial charge >= 0.3 is 6.18 Å². The Bertz CT molecular complexity index is 1180. The van der Waals surface area contributed by atoms with Crippen molar-refractivity contribution in [3.05, 3.63) is 64.6 Å². The van der Waals surface area contributed by atoms with E-state index in [2.05, 4.69) is 5.32 Å². The third-order valence-corrected chi connectivity index (χ3v) is 7.54. The van der Waals surface area contributed by atoms with Gasteiger partial charge in [-0.2, -0.15) is 13.2 Å². The fraction of sp³-hybridized carbons (Fsp3) is 0.370. The zero-order valence-electron chi connectivity index (χ0n) is 20.1. The number of thioether (sulfide) groups is 1. The molecule has 0 radical (unpaired) electrons. The first kappa shape index (κ1) is 27.2. The highest BCUT2D eigenvalue weighted by molar-refractivity contribution is 8.26. The number of hydrogen-bond donors (Lipinski definition) is 1. The van der Waals surface area contributed by atoms with Crippen LogP contribution in [0.15, 0.2) is 53.4 Å². The van der Waals surface area contributed by atoms with Crippen LogP contribution in [0.25, 0.3) is 6.08 Å². The summed E-state index contributed by atoms with van der Waals surface area (Å²) in [6.45, 7) is 0.242. The lowest BCUT2D eigenvalue weighted by Crippen LogP contribution is -2.29. The molecular weight excluding hydrogens is 521 g/mol. The van der Waals surface area contributed by atoms with Gasteiger partial charge in [-0.05, 0) is 74.1 Å². The molecule has 0 spiro atoms. The van der Waals surface area contributed by atoms with Crippen molar-refractivity contribution in [3.63, 3.8) is 0 Å². The van der Waals surface area contributed by atoms with E-state index in [1.54, 1.807) is 6.08 Å². The largest absolute Gasteiger partial charge is 0.490 e. The SMILES string of the molecule is O=C(CCCN1C(=O)/C(=C/c2ccc(OC3CCCCC3)cc2)SC1=S)Nc1cccc(C(F)(F)F)c1. The molecule has 1 N–H and O–H groups in total. The van der Waals surface area contributed by atoms with Gasteiger partial charge in [-0.15, -0.1) is 0 Å². The molecular formula is C27H27F3N2O3S2. The summed E-state index contributed by atoms with van der Waals surface area (Å²) >= 11 is 6.56. The second kappa shape index (κ2) is 12.1. The van der Waals surface area contributed by atoms with E-state index in [1.807, 2.05) is 24.3 Å². The summed E-state index contributed by atoms with van der Waals surface area (Å²) in [6, 6.07) is 12.1. The Morgan fingerprint density at radius 2 is 1.86 bits per heavy atom. The van der Waals surface area contributed by atoms with E-state index >= 15 is 0 Å². The van der Waals surface area contributed by atoms with Gasteiger partial charge in [-0.3, -0.25) is 14.5 Å². The van der Waals surface area contributed by atoms with Gasteiger partial charge in [0.2, 0.25) is 5.91 Å². The maximum atomic E-state index is 12.9. The van der Waals surface area contributed by atoms with Crippen molar-refractivity contribution >= 4 is 51.9 Å². The molecule has 0 aromatic heterocycles. The predicted molar refractivity (Wildman–Crippen MR) is 143 cm³/mol. The maximum Gasteiger partial charge on any atom is 0.416 e. The first-order valence-corrected chi connectivity index (χ1v) is 13.4. The van der Waals surface area contributed by atoms with Gasteiger partial charge in [0, 0.05) is 18.7 Å². The highest BCUT2D eigenvalue weighted by atomic mass is 32.2. The van der Waals surface area contributed by atoms with Crippen molar-refractivity contribution in [1.82, 2.24) is 4.90 Å². The second-order valence-electron chi connectivity index (χ2n) is 9.01. The van der Waals surface area contributed by atoms with Gasteiger partial charge in [0.25, 0.3) is 5.91 Å². The lowest BCUT2D eigenvalue weighted by molar-refractivity contribution is -0.137. The molecule has 1 saturated carbocycles. The van der Waals surface area contributed by atoms with Crippen molar-refractivity contribution in [2.24, 2.45) is 0 Å². The van der Waals surface area contributed by atoms with Crippen molar-refractivity contribution in [2.45, 2.75) is 57.2 Å². The van der Waals surface area contributed by atoms with Crippen LogP contribution >= 0.6 is 24.0 Å². The Kier molecular flexibility index (Phi) is 8.91. The highest BCUT2D eigenvalue weighted by Gasteiger charge is 2.32. The number of nitrogens with zero attached hydrogens (tertiary/aromatic N) is 1. The van der Waals surface area contributed by atoms with E-state index in [9.17, 15) is 22.8 Å². The molecule has 2 amide bonds. The van der Waals surface area contributed by atoms with Crippen molar-refractivity contribution < 1.29 is 27.5 Å². The Balaban J connectivity index is 1.27. The molecule has 196 valence electrons. The molecule has 5 nitrogen and oxygen atoms in total. The quantitative estimate of drug-likeness (QED) is 0.283. The minimum Gasteiger partial charge on any atom is -0.490 e. The number of nitrogens with one attached hydrogen (secondary N) is 1. The van der Waals surface area contributed by atoms with Crippen LogP contribution in [0.1, 0.15) is 56.1 Å². The van der Waals surface area contributed by atoms with Crippen LogP contribution in [-0.4, -0.2) is 33.7 Å². The number of benzene rings is 2. The molecule has 0 bridgehead atoms. The topological polar surface area (TPSA) is 58.6 Å². The van der Waals surface area contributed by atoms with Gasteiger partial charge in [0.15, 0.2) is 0 Å².